The number of nitrogens with zero attached hydrogens (tertiary/aromatic N) is 1. The van der Waals surface area contributed by atoms with Crippen LogP contribution in [-0.2, 0) is 11.0 Å². The third kappa shape index (κ3) is 2.95. The highest BCUT2D eigenvalue weighted by molar-refractivity contribution is 9.10. The van der Waals surface area contributed by atoms with Crippen LogP contribution in [0, 0.1) is 0 Å². The largest absolute Gasteiger partial charge is 0.476 e. The lowest BCUT2D eigenvalue weighted by Gasteiger charge is -2.10. The molecule has 1 aliphatic rings. The first-order valence-electron chi connectivity index (χ1n) is 5.16. The van der Waals surface area contributed by atoms with Crippen LogP contribution in [0.5, 0.6) is 5.88 Å². The Balaban J connectivity index is 2.15. The fourth-order valence-electron chi connectivity index (χ4n) is 1.23. The molecule has 0 bridgehead atoms. The van der Waals surface area contributed by atoms with Gasteiger partial charge in [0.15, 0.2) is 0 Å². The molecule has 1 heterocycles. The van der Waals surface area contributed by atoms with Gasteiger partial charge in [-0.2, -0.15) is 0 Å². The maximum absolute atomic E-state index is 11.7. The van der Waals surface area contributed by atoms with E-state index in [0.717, 1.165) is 17.3 Å². The third-order valence-electron chi connectivity index (χ3n) is 2.14. The van der Waals surface area contributed by atoms with Gasteiger partial charge in [-0.25, -0.2) is 9.19 Å². The first kappa shape index (κ1) is 11.9. The van der Waals surface area contributed by atoms with E-state index in [1.807, 2.05) is 13.0 Å². The average molecular weight is 305 g/mol. The Morgan fingerprint density at radius 1 is 1.69 bits per heavy atom. The van der Waals surface area contributed by atoms with E-state index in [4.69, 9.17) is 4.74 Å². The Morgan fingerprint density at radius 3 is 3.06 bits per heavy atom. The number of hydrogen-bond acceptors (Lipinski definition) is 3. The summed E-state index contributed by atoms with van der Waals surface area (Å²) in [4.78, 5) is 4.13. The van der Waals surface area contributed by atoms with Gasteiger partial charge in [-0.05, 0) is 41.8 Å². The standard InChI is InChI=1S/C10H13BrN2O2S/c1-2-15-10-9(5-7(11)6-12-10)13-16(14)8-3-4-8/h5-6,8,13H,2-4H2,1H3. The highest BCUT2D eigenvalue weighted by Gasteiger charge is 2.29. The molecule has 0 radical (unpaired) electrons. The van der Waals surface area contributed by atoms with E-state index in [2.05, 4.69) is 25.6 Å². The normalized spacial score (nSPS) is 16.9. The van der Waals surface area contributed by atoms with E-state index in [-0.39, 0.29) is 5.25 Å². The summed E-state index contributed by atoms with van der Waals surface area (Å²) in [7, 11) is -1.02. The molecule has 0 aromatic carbocycles. The number of anilines is 1. The van der Waals surface area contributed by atoms with Crippen molar-refractivity contribution in [2.45, 2.75) is 25.0 Å². The molecule has 0 amide bonds. The van der Waals surface area contributed by atoms with Gasteiger partial charge in [0, 0.05) is 10.7 Å². The fourth-order valence-corrected chi connectivity index (χ4v) is 2.65. The highest BCUT2D eigenvalue weighted by atomic mass is 79.9. The molecule has 4 nitrogen and oxygen atoms in total. The predicted molar refractivity (Wildman–Crippen MR) is 67.9 cm³/mol. The molecule has 1 aliphatic carbocycles. The Hall–Kier alpha value is -0.620. The van der Waals surface area contributed by atoms with Crippen molar-refractivity contribution in [2.24, 2.45) is 0 Å². The van der Waals surface area contributed by atoms with Crippen molar-refractivity contribution in [1.82, 2.24) is 4.98 Å². The Morgan fingerprint density at radius 2 is 2.44 bits per heavy atom. The summed E-state index contributed by atoms with van der Waals surface area (Å²) in [6.07, 6.45) is 3.73. The molecule has 0 saturated heterocycles. The van der Waals surface area contributed by atoms with Crippen molar-refractivity contribution >= 4 is 32.6 Å². The lowest BCUT2D eigenvalue weighted by molar-refractivity contribution is 0.329. The number of hydrogen-bond donors (Lipinski definition) is 1. The van der Waals surface area contributed by atoms with Gasteiger partial charge in [0.2, 0.25) is 5.88 Å². The van der Waals surface area contributed by atoms with Crippen LogP contribution in [0.1, 0.15) is 19.8 Å². The summed E-state index contributed by atoms with van der Waals surface area (Å²) < 4.78 is 20.9. The zero-order valence-electron chi connectivity index (χ0n) is 8.90. The summed E-state index contributed by atoms with van der Waals surface area (Å²) in [6, 6.07) is 1.83. The van der Waals surface area contributed by atoms with E-state index < -0.39 is 11.0 Å². The molecular weight excluding hydrogens is 292 g/mol. The van der Waals surface area contributed by atoms with Crippen molar-refractivity contribution in [1.29, 1.82) is 0 Å². The number of ether oxygens (including phenoxy) is 1. The van der Waals surface area contributed by atoms with E-state index in [1.54, 1.807) is 6.20 Å². The summed E-state index contributed by atoms with van der Waals surface area (Å²) in [5.41, 5.74) is 0.682. The predicted octanol–water partition coefficient (Wildman–Crippen LogP) is 2.48. The van der Waals surface area contributed by atoms with Crippen LogP contribution in [0.4, 0.5) is 5.69 Å². The summed E-state index contributed by atoms with van der Waals surface area (Å²) in [5.74, 6) is 0.500. The van der Waals surface area contributed by atoms with Gasteiger partial charge in [-0.15, -0.1) is 0 Å². The zero-order valence-corrected chi connectivity index (χ0v) is 11.3. The van der Waals surface area contributed by atoms with Crippen LogP contribution in [0.3, 0.4) is 0 Å². The SMILES string of the molecule is CCOc1ncc(Br)cc1NS(=O)C1CC1. The third-order valence-corrected chi connectivity index (χ3v) is 4.07. The second-order valence-corrected chi connectivity index (χ2v) is 5.92. The molecule has 6 heteroatoms. The van der Waals surface area contributed by atoms with Gasteiger partial charge in [-0.1, -0.05) is 0 Å². The molecule has 1 unspecified atom stereocenters. The summed E-state index contributed by atoms with van der Waals surface area (Å²) in [5, 5.41) is 0.286. The molecule has 1 saturated carbocycles. The molecule has 0 aliphatic heterocycles. The maximum atomic E-state index is 11.7. The highest BCUT2D eigenvalue weighted by Crippen LogP contribution is 2.30. The molecule has 0 spiro atoms. The van der Waals surface area contributed by atoms with Crippen molar-refractivity contribution < 1.29 is 8.95 Å². The van der Waals surface area contributed by atoms with Crippen LogP contribution in [0.2, 0.25) is 0 Å². The van der Waals surface area contributed by atoms with Gasteiger partial charge >= 0.3 is 0 Å². The number of aromatic nitrogens is 1. The van der Waals surface area contributed by atoms with Gasteiger partial charge in [-0.3, -0.25) is 0 Å². The van der Waals surface area contributed by atoms with E-state index in [0.29, 0.717) is 18.2 Å². The van der Waals surface area contributed by atoms with Crippen molar-refractivity contribution in [3.05, 3.63) is 16.7 Å². The van der Waals surface area contributed by atoms with Crippen LogP contribution in [-0.4, -0.2) is 21.0 Å². The zero-order chi connectivity index (χ0) is 11.5. The second kappa shape index (κ2) is 5.14. The van der Waals surface area contributed by atoms with Crippen LogP contribution >= 0.6 is 15.9 Å². The Bertz CT molecular complexity index is 410. The molecule has 1 N–H and O–H groups in total. The monoisotopic (exact) mass is 304 g/mol. The first-order chi connectivity index (χ1) is 7.70. The van der Waals surface area contributed by atoms with E-state index in [9.17, 15) is 4.21 Å². The lowest BCUT2D eigenvalue weighted by atomic mass is 10.4. The summed E-state index contributed by atoms with van der Waals surface area (Å²) >= 11 is 3.33. The van der Waals surface area contributed by atoms with Crippen LogP contribution in [0.15, 0.2) is 16.7 Å². The van der Waals surface area contributed by atoms with E-state index in [1.165, 1.54) is 0 Å². The first-order valence-corrected chi connectivity index (χ1v) is 7.17. The molecule has 1 aromatic heterocycles. The van der Waals surface area contributed by atoms with Gasteiger partial charge in [0.05, 0.1) is 11.9 Å². The topological polar surface area (TPSA) is 51.2 Å². The maximum Gasteiger partial charge on any atom is 0.238 e. The lowest BCUT2D eigenvalue weighted by Crippen LogP contribution is -2.10. The van der Waals surface area contributed by atoms with Crippen molar-refractivity contribution in [3.63, 3.8) is 0 Å². The van der Waals surface area contributed by atoms with Crippen LogP contribution < -0.4 is 9.46 Å². The fraction of sp³-hybridized carbons (Fsp3) is 0.500. The van der Waals surface area contributed by atoms with Gasteiger partial charge in [0.25, 0.3) is 0 Å². The molecule has 1 atom stereocenters. The molecule has 16 heavy (non-hydrogen) atoms. The van der Waals surface area contributed by atoms with Crippen LogP contribution in [0.25, 0.3) is 0 Å². The molecular formula is C10H13BrN2O2S. The summed E-state index contributed by atoms with van der Waals surface area (Å²) in [6.45, 7) is 2.44. The second-order valence-electron chi connectivity index (χ2n) is 3.54. The minimum atomic E-state index is -1.02. The molecule has 1 fully saturated rings. The molecule has 1 aromatic rings. The van der Waals surface area contributed by atoms with E-state index >= 15 is 0 Å². The number of halogens is 1. The van der Waals surface area contributed by atoms with Crippen molar-refractivity contribution in [3.8, 4) is 5.88 Å². The minimum absolute atomic E-state index is 0.286. The average Bonchev–Trinajstić information content (AvgIpc) is 3.05. The van der Waals surface area contributed by atoms with Gasteiger partial charge in [0.1, 0.15) is 16.7 Å². The quantitative estimate of drug-likeness (QED) is 0.909. The minimum Gasteiger partial charge on any atom is -0.476 e. The Kier molecular flexibility index (Phi) is 3.81. The molecule has 2 rings (SSSR count). The molecule has 88 valence electrons. The Labute approximate surface area is 106 Å². The number of nitrogens with one attached hydrogen (secondary N) is 1. The number of pyridine rings is 1. The smallest absolute Gasteiger partial charge is 0.238 e. The van der Waals surface area contributed by atoms with Crippen molar-refractivity contribution in [2.75, 3.05) is 11.3 Å². The van der Waals surface area contributed by atoms with Gasteiger partial charge < -0.3 is 9.46 Å². The number of rotatable bonds is 5.